The predicted octanol–water partition coefficient (Wildman–Crippen LogP) is 3.64. The molecule has 0 radical (unpaired) electrons. The van der Waals surface area contributed by atoms with Gasteiger partial charge in [0.2, 0.25) is 0 Å². The maximum absolute atomic E-state index is 13.4. The Labute approximate surface area is 207 Å². The molecule has 2 heterocycles. The summed E-state index contributed by atoms with van der Waals surface area (Å²) in [5.74, 6) is -1.76. The zero-order valence-corrected chi connectivity index (χ0v) is 19.9. The molecule has 2 aromatic carbocycles. The lowest BCUT2D eigenvalue weighted by Crippen LogP contribution is -2.31. The Bertz CT molecular complexity index is 1500. The summed E-state index contributed by atoms with van der Waals surface area (Å²) in [6, 6.07) is 15.5. The van der Waals surface area contributed by atoms with Crippen LogP contribution in [0.4, 0.5) is 0 Å². The van der Waals surface area contributed by atoms with Crippen molar-refractivity contribution >= 4 is 23.4 Å². The van der Waals surface area contributed by atoms with E-state index >= 15 is 0 Å². The van der Waals surface area contributed by atoms with Gasteiger partial charge in [0.1, 0.15) is 11.4 Å². The molecule has 0 spiro atoms. The molecule has 0 fully saturated rings. The second-order valence-electron chi connectivity index (χ2n) is 8.91. The van der Waals surface area contributed by atoms with E-state index in [1.54, 1.807) is 25.1 Å². The molecule has 1 aliphatic rings. The number of amides is 2. The Morgan fingerprint density at radius 3 is 2.61 bits per heavy atom. The fraction of sp³-hybridized carbons (Fsp3) is 0.222. The first-order valence-electron chi connectivity index (χ1n) is 11.7. The van der Waals surface area contributed by atoms with Crippen LogP contribution >= 0.6 is 0 Å². The molecule has 5 rings (SSSR count). The van der Waals surface area contributed by atoms with Crippen molar-refractivity contribution in [3.8, 4) is 0 Å². The lowest BCUT2D eigenvalue weighted by atomic mass is 9.98. The summed E-state index contributed by atoms with van der Waals surface area (Å²) < 4.78 is 1.40. The first kappa shape index (κ1) is 23.2. The van der Waals surface area contributed by atoms with Crippen LogP contribution in [0.3, 0.4) is 0 Å². The van der Waals surface area contributed by atoms with Gasteiger partial charge in [-0.2, -0.15) is 5.10 Å². The van der Waals surface area contributed by atoms with Gasteiger partial charge in [-0.1, -0.05) is 36.4 Å². The quantitative estimate of drug-likeness (QED) is 0.384. The third-order valence-electron chi connectivity index (χ3n) is 6.70. The van der Waals surface area contributed by atoms with Gasteiger partial charge < -0.3 is 15.7 Å². The summed E-state index contributed by atoms with van der Waals surface area (Å²) in [4.78, 5) is 42.3. The number of hydrogen-bond donors (Lipinski definition) is 3. The molecule has 9 nitrogen and oxygen atoms in total. The van der Waals surface area contributed by atoms with Crippen molar-refractivity contribution in [2.24, 2.45) is 0 Å². The molecule has 0 aliphatic heterocycles. The highest BCUT2D eigenvalue weighted by atomic mass is 16.4. The van der Waals surface area contributed by atoms with Gasteiger partial charge in [0, 0.05) is 12.1 Å². The van der Waals surface area contributed by atoms with Crippen LogP contribution in [-0.2, 0) is 6.42 Å². The van der Waals surface area contributed by atoms with Gasteiger partial charge in [0.15, 0.2) is 5.65 Å². The standard InChI is InChI=1S/C27H25N5O4/c1-15-18-10-11-21(20(18)9-8-19(15)27(35)36)31-26(34)23-14-22(30-24-12-13-28-32(23)24)25(33)29-16(2)17-6-4-3-5-7-17/h3-9,12-14,16,21H,10-11H2,1-2H3,(H,29,33)(H,31,34)(H,35,36)/t16-,21+/m1/s1. The molecule has 2 amide bonds. The van der Waals surface area contributed by atoms with E-state index in [1.807, 2.05) is 37.3 Å². The molecule has 182 valence electrons. The van der Waals surface area contributed by atoms with Crippen LogP contribution in [0.15, 0.2) is 60.8 Å². The molecule has 4 aromatic rings. The SMILES string of the molecule is Cc1c(C(=O)O)ccc2c1CC[C@@H]2NC(=O)c1cc(C(=O)N[C@H](C)c2ccccc2)nc2ccnn12. The molecule has 36 heavy (non-hydrogen) atoms. The largest absolute Gasteiger partial charge is 0.478 e. The minimum atomic E-state index is -0.965. The average molecular weight is 484 g/mol. The second kappa shape index (κ2) is 9.26. The van der Waals surface area contributed by atoms with Crippen molar-refractivity contribution in [1.82, 2.24) is 25.2 Å². The van der Waals surface area contributed by atoms with E-state index < -0.39 is 17.8 Å². The molecule has 0 bridgehead atoms. The van der Waals surface area contributed by atoms with Crippen LogP contribution in [0.25, 0.3) is 5.65 Å². The van der Waals surface area contributed by atoms with E-state index in [4.69, 9.17) is 0 Å². The molecular weight excluding hydrogens is 458 g/mol. The maximum Gasteiger partial charge on any atom is 0.335 e. The lowest BCUT2D eigenvalue weighted by Gasteiger charge is -2.17. The number of carbonyl (C=O) groups excluding carboxylic acids is 2. The van der Waals surface area contributed by atoms with E-state index in [-0.39, 0.29) is 29.0 Å². The normalized spacial score (nSPS) is 15.3. The summed E-state index contributed by atoms with van der Waals surface area (Å²) >= 11 is 0. The topological polar surface area (TPSA) is 126 Å². The van der Waals surface area contributed by atoms with Crippen LogP contribution in [0, 0.1) is 6.92 Å². The van der Waals surface area contributed by atoms with Crippen LogP contribution in [-0.4, -0.2) is 37.5 Å². The van der Waals surface area contributed by atoms with Gasteiger partial charge in [-0.15, -0.1) is 0 Å². The number of nitrogens with one attached hydrogen (secondary N) is 2. The van der Waals surface area contributed by atoms with Crippen molar-refractivity contribution in [3.05, 3.63) is 100.0 Å². The number of rotatable bonds is 6. The van der Waals surface area contributed by atoms with Crippen LogP contribution in [0.5, 0.6) is 0 Å². The van der Waals surface area contributed by atoms with Gasteiger partial charge >= 0.3 is 5.97 Å². The molecule has 3 N–H and O–H groups in total. The van der Waals surface area contributed by atoms with E-state index in [0.717, 1.165) is 22.3 Å². The van der Waals surface area contributed by atoms with Crippen LogP contribution in [0.2, 0.25) is 0 Å². The lowest BCUT2D eigenvalue weighted by molar-refractivity contribution is 0.0695. The Kier molecular flexibility index (Phi) is 5.97. The van der Waals surface area contributed by atoms with Gasteiger partial charge in [-0.05, 0) is 55.0 Å². The minimum absolute atomic E-state index is 0.115. The fourth-order valence-electron chi connectivity index (χ4n) is 4.78. The van der Waals surface area contributed by atoms with Gasteiger partial charge in [0.25, 0.3) is 11.8 Å². The Morgan fingerprint density at radius 1 is 1.08 bits per heavy atom. The summed E-state index contributed by atoms with van der Waals surface area (Å²) in [6.45, 7) is 3.68. The number of carbonyl (C=O) groups is 3. The molecule has 1 aliphatic carbocycles. The van der Waals surface area contributed by atoms with Crippen molar-refractivity contribution < 1.29 is 19.5 Å². The zero-order valence-electron chi connectivity index (χ0n) is 19.9. The van der Waals surface area contributed by atoms with E-state index in [2.05, 4.69) is 20.7 Å². The highest BCUT2D eigenvalue weighted by molar-refractivity contribution is 5.98. The molecule has 0 unspecified atom stereocenters. The fourth-order valence-corrected chi connectivity index (χ4v) is 4.78. The second-order valence-corrected chi connectivity index (χ2v) is 8.91. The average Bonchev–Trinajstić information content (AvgIpc) is 3.51. The van der Waals surface area contributed by atoms with Crippen LogP contribution in [0.1, 0.15) is 79.0 Å². The Hall–Kier alpha value is -4.53. The van der Waals surface area contributed by atoms with Gasteiger partial charge in [0.05, 0.1) is 23.8 Å². The Morgan fingerprint density at radius 2 is 1.86 bits per heavy atom. The molecule has 2 atom stereocenters. The summed E-state index contributed by atoms with van der Waals surface area (Å²) in [5.41, 5.74) is 4.50. The smallest absolute Gasteiger partial charge is 0.335 e. The molecule has 9 heteroatoms. The monoisotopic (exact) mass is 483 g/mol. The highest BCUT2D eigenvalue weighted by Crippen LogP contribution is 2.35. The molecule has 0 saturated carbocycles. The number of carboxylic acids is 1. The van der Waals surface area contributed by atoms with Crippen molar-refractivity contribution in [2.75, 3.05) is 0 Å². The highest BCUT2D eigenvalue weighted by Gasteiger charge is 2.29. The maximum atomic E-state index is 13.4. The number of nitrogens with zero attached hydrogens (tertiary/aromatic N) is 3. The minimum Gasteiger partial charge on any atom is -0.478 e. The third-order valence-corrected chi connectivity index (χ3v) is 6.70. The number of benzene rings is 2. The summed E-state index contributed by atoms with van der Waals surface area (Å²) in [5, 5.41) is 19.6. The third kappa shape index (κ3) is 4.19. The number of aromatic nitrogens is 3. The number of hydrogen-bond acceptors (Lipinski definition) is 5. The van der Waals surface area contributed by atoms with Gasteiger partial charge in [-0.25, -0.2) is 14.3 Å². The van der Waals surface area contributed by atoms with Crippen molar-refractivity contribution in [1.29, 1.82) is 0 Å². The van der Waals surface area contributed by atoms with E-state index in [9.17, 15) is 19.5 Å². The molecule has 0 saturated heterocycles. The molecule has 2 aromatic heterocycles. The van der Waals surface area contributed by atoms with Gasteiger partial charge in [-0.3, -0.25) is 9.59 Å². The predicted molar refractivity (Wildman–Crippen MR) is 132 cm³/mol. The number of fused-ring (bicyclic) bond motifs is 2. The summed E-state index contributed by atoms with van der Waals surface area (Å²) in [7, 11) is 0. The van der Waals surface area contributed by atoms with E-state index in [1.165, 1.54) is 16.8 Å². The zero-order chi connectivity index (χ0) is 25.4. The first-order valence-corrected chi connectivity index (χ1v) is 11.7. The first-order chi connectivity index (χ1) is 17.3. The Balaban J connectivity index is 1.40. The van der Waals surface area contributed by atoms with Crippen LogP contribution < -0.4 is 10.6 Å². The summed E-state index contributed by atoms with van der Waals surface area (Å²) in [6.07, 6.45) is 2.85. The number of carboxylic acid groups (broad SMARTS) is 1. The molecular formula is C27H25N5O4. The number of aromatic carboxylic acids is 1. The van der Waals surface area contributed by atoms with Crippen molar-refractivity contribution in [3.63, 3.8) is 0 Å². The van der Waals surface area contributed by atoms with Crippen molar-refractivity contribution in [2.45, 2.75) is 38.8 Å². The van der Waals surface area contributed by atoms with E-state index in [0.29, 0.717) is 18.5 Å².